The van der Waals surface area contributed by atoms with Gasteiger partial charge in [-0.15, -0.1) is 0 Å². The van der Waals surface area contributed by atoms with Gasteiger partial charge >= 0.3 is 0 Å². The highest BCUT2D eigenvalue weighted by molar-refractivity contribution is 7.85. The summed E-state index contributed by atoms with van der Waals surface area (Å²) in [4.78, 5) is 0. The van der Waals surface area contributed by atoms with E-state index < -0.39 is 10.1 Å². The van der Waals surface area contributed by atoms with E-state index in [2.05, 4.69) is 6.92 Å². The molecule has 0 aromatic carbocycles. The molecule has 0 saturated carbocycles. The zero-order valence-corrected chi connectivity index (χ0v) is 9.11. The molecule has 0 aliphatic heterocycles. The maximum atomic E-state index is 10.2. The van der Waals surface area contributed by atoms with Crippen LogP contribution in [0, 0.1) is 0 Å². The van der Waals surface area contributed by atoms with E-state index in [1.54, 1.807) is 0 Å². The topological polar surface area (TPSA) is 57.2 Å². The van der Waals surface area contributed by atoms with E-state index in [-0.39, 0.29) is 5.75 Å². The average molecular weight is 207 g/mol. The quantitative estimate of drug-likeness (QED) is 0.453. The summed E-state index contributed by atoms with van der Waals surface area (Å²) in [5.41, 5.74) is 0. The average Bonchev–Trinajstić information content (AvgIpc) is 2.01. The summed E-state index contributed by atoms with van der Waals surface area (Å²) in [6.45, 7) is 2.16. The molecule has 0 amide bonds. The first kappa shape index (κ1) is 12.9. The van der Waals surface area contributed by atoms with Crippen molar-refractivity contribution in [3.8, 4) is 0 Å². The molecule has 0 rings (SSSR count). The monoisotopic (exact) mass is 207 g/mol. The van der Waals surface area contributed by atoms with Gasteiger partial charge in [0.1, 0.15) is 0 Å². The third-order valence-electron chi connectivity index (χ3n) is 2.00. The van der Waals surface area contributed by atoms with Gasteiger partial charge < -0.3 is 4.55 Å². The minimum absolute atomic E-state index is 0.194. The Morgan fingerprint density at radius 2 is 1.38 bits per heavy atom. The molecule has 0 N–H and O–H groups in total. The van der Waals surface area contributed by atoms with Crippen molar-refractivity contribution in [3.63, 3.8) is 0 Å². The van der Waals surface area contributed by atoms with E-state index >= 15 is 0 Å². The minimum Gasteiger partial charge on any atom is -0.748 e. The molecule has 0 atom stereocenters. The van der Waals surface area contributed by atoms with Crippen molar-refractivity contribution in [2.75, 3.05) is 5.75 Å². The highest BCUT2D eigenvalue weighted by Gasteiger charge is 1.95. The van der Waals surface area contributed by atoms with Crippen LogP contribution in [0.25, 0.3) is 0 Å². The fourth-order valence-electron chi connectivity index (χ4n) is 1.24. The van der Waals surface area contributed by atoms with Gasteiger partial charge in [-0.25, -0.2) is 8.42 Å². The van der Waals surface area contributed by atoms with Crippen LogP contribution in [0.15, 0.2) is 0 Å². The molecule has 0 aromatic rings. The van der Waals surface area contributed by atoms with Crippen LogP contribution in [0.4, 0.5) is 0 Å². The Bertz CT molecular complexity index is 197. The zero-order chi connectivity index (χ0) is 10.2. The summed E-state index contributed by atoms with van der Waals surface area (Å²) in [5.74, 6) is -0.194. The molecule has 0 unspecified atom stereocenters. The molecule has 0 bridgehead atoms. The fourth-order valence-corrected chi connectivity index (χ4v) is 1.79. The third-order valence-corrected chi connectivity index (χ3v) is 2.79. The molecular formula is C9H19O3S-. The second-order valence-corrected chi connectivity index (χ2v) is 4.91. The van der Waals surface area contributed by atoms with Crippen LogP contribution in [-0.4, -0.2) is 18.7 Å². The van der Waals surface area contributed by atoms with Gasteiger partial charge in [0.25, 0.3) is 0 Å². The lowest BCUT2D eigenvalue weighted by Crippen LogP contribution is -2.03. The molecule has 4 heteroatoms. The molecule has 0 aliphatic rings. The van der Waals surface area contributed by atoms with Crippen molar-refractivity contribution >= 4 is 10.1 Å². The van der Waals surface area contributed by atoms with Gasteiger partial charge in [-0.2, -0.15) is 0 Å². The summed E-state index contributed by atoms with van der Waals surface area (Å²) in [5, 5.41) is 0. The van der Waals surface area contributed by atoms with Gasteiger partial charge in [-0.1, -0.05) is 45.4 Å². The summed E-state index contributed by atoms with van der Waals surface area (Å²) in [6, 6.07) is 0. The highest BCUT2D eigenvalue weighted by Crippen LogP contribution is 2.07. The molecule has 0 aliphatic carbocycles. The number of hydrogen-bond acceptors (Lipinski definition) is 3. The van der Waals surface area contributed by atoms with Gasteiger partial charge in [0, 0.05) is 5.75 Å². The molecule has 0 heterocycles. The number of rotatable bonds is 8. The standard InChI is InChI=1S/C9H20O3S/c1-2-3-4-5-6-7-8-9-13(10,11)12/h2-9H2,1H3,(H,10,11,12)/p-1. The van der Waals surface area contributed by atoms with Crippen LogP contribution >= 0.6 is 0 Å². The molecule has 13 heavy (non-hydrogen) atoms. The van der Waals surface area contributed by atoms with E-state index in [0.29, 0.717) is 6.42 Å². The Labute approximate surface area is 81.3 Å². The van der Waals surface area contributed by atoms with Crippen molar-refractivity contribution in [3.05, 3.63) is 0 Å². The van der Waals surface area contributed by atoms with Crippen LogP contribution in [0.1, 0.15) is 51.9 Å². The van der Waals surface area contributed by atoms with Gasteiger partial charge in [0.2, 0.25) is 0 Å². The lowest BCUT2D eigenvalue weighted by atomic mass is 10.1. The summed E-state index contributed by atoms with van der Waals surface area (Å²) in [6.07, 6.45) is 7.29. The molecule has 80 valence electrons. The Kier molecular flexibility index (Phi) is 7.28. The van der Waals surface area contributed by atoms with Gasteiger partial charge in [0.15, 0.2) is 0 Å². The normalized spacial score (nSPS) is 11.8. The second kappa shape index (κ2) is 7.33. The first-order valence-electron chi connectivity index (χ1n) is 5.00. The highest BCUT2D eigenvalue weighted by atomic mass is 32.2. The maximum Gasteiger partial charge on any atom is 0.0945 e. The van der Waals surface area contributed by atoms with Crippen molar-refractivity contribution in [2.45, 2.75) is 51.9 Å². The second-order valence-electron chi connectivity index (χ2n) is 3.38. The maximum absolute atomic E-state index is 10.2. The molecular weight excluding hydrogens is 188 g/mol. The summed E-state index contributed by atoms with van der Waals surface area (Å²) >= 11 is 0. The smallest absolute Gasteiger partial charge is 0.0945 e. The van der Waals surface area contributed by atoms with Crippen LogP contribution in [-0.2, 0) is 10.1 Å². The molecule has 0 saturated heterocycles. The Hall–Kier alpha value is -0.0900. The lowest BCUT2D eigenvalue weighted by Gasteiger charge is -2.05. The Balaban J connectivity index is 3.09. The van der Waals surface area contributed by atoms with Crippen LogP contribution < -0.4 is 0 Å². The predicted molar refractivity (Wildman–Crippen MR) is 52.6 cm³/mol. The van der Waals surface area contributed by atoms with E-state index in [1.807, 2.05) is 0 Å². The molecule has 0 radical (unpaired) electrons. The summed E-state index contributed by atoms with van der Waals surface area (Å²) < 4.78 is 30.6. The van der Waals surface area contributed by atoms with Crippen molar-refractivity contribution < 1.29 is 13.0 Å². The van der Waals surface area contributed by atoms with E-state index in [4.69, 9.17) is 0 Å². The van der Waals surface area contributed by atoms with Gasteiger partial charge in [-0.3, -0.25) is 0 Å². The predicted octanol–water partition coefficient (Wildman–Crippen LogP) is 2.28. The van der Waals surface area contributed by atoms with Crippen molar-refractivity contribution in [1.82, 2.24) is 0 Å². The molecule has 0 aromatic heterocycles. The van der Waals surface area contributed by atoms with E-state index in [1.165, 1.54) is 19.3 Å². The van der Waals surface area contributed by atoms with E-state index in [9.17, 15) is 13.0 Å². The Morgan fingerprint density at radius 1 is 0.923 bits per heavy atom. The van der Waals surface area contributed by atoms with Gasteiger partial charge in [-0.05, 0) is 6.42 Å². The largest absolute Gasteiger partial charge is 0.748 e. The fraction of sp³-hybridized carbons (Fsp3) is 1.00. The van der Waals surface area contributed by atoms with Crippen molar-refractivity contribution in [2.24, 2.45) is 0 Å². The molecule has 3 nitrogen and oxygen atoms in total. The zero-order valence-electron chi connectivity index (χ0n) is 8.29. The number of hydrogen-bond donors (Lipinski definition) is 0. The molecule has 0 spiro atoms. The minimum atomic E-state index is -3.97. The van der Waals surface area contributed by atoms with Gasteiger partial charge in [0.05, 0.1) is 10.1 Å². The SMILES string of the molecule is CCCCCCCCCS(=O)(=O)[O-]. The Morgan fingerprint density at radius 3 is 1.85 bits per heavy atom. The van der Waals surface area contributed by atoms with Crippen LogP contribution in [0.5, 0.6) is 0 Å². The lowest BCUT2D eigenvalue weighted by molar-refractivity contribution is 0.459. The van der Waals surface area contributed by atoms with Crippen LogP contribution in [0.3, 0.4) is 0 Å². The van der Waals surface area contributed by atoms with Crippen molar-refractivity contribution in [1.29, 1.82) is 0 Å². The van der Waals surface area contributed by atoms with Crippen LogP contribution in [0.2, 0.25) is 0 Å². The number of unbranched alkanes of at least 4 members (excludes halogenated alkanes) is 6. The third kappa shape index (κ3) is 11.9. The summed E-state index contributed by atoms with van der Waals surface area (Å²) in [7, 11) is -3.97. The first-order chi connectivity index (χ1) is 6.06. The van der Waals surface area contributed by atoms with E-state index in [0.717, 1.165) is 19.3 Å². The first-order valence-corrected chi connectivity index (χ1v) is 6.57. The molecule has 0 fully saturated rings.